The third kappa shape index (κ3) is 15.5. The van der Waals surface area contributed by atoms with Crippen LogP contribution >= 0.6 is 0 Å². The SMILES string of the molecule is Cc1ccccc1C[C@H](NC(=O)[C@H](CCC(=O)OC(C)(C)C)NC(=O)OCC1c2ccccc2-c2ccccc21)C(=O)N[C@@H](CC1CCCCC1)C(=O)N[C@@H](CC(C)C)C(=O)OCc1ccccc1. The molecular weight excluding hydrogens is 873 g/mol. The average Bonchev–Trinajstić information content (AvgIpc) is 3.64. The van der Waals surface area contributed by atoms with Gasteiger partial charge in [-0.2, -0.15) is 0 Å². The van der Waals surface area contributed by atoms with E-state index in [4.69, 9.17) is 14.2 Å². The Morgan fingerprint density at radius 1 is 0.638 bits per heavy atom. The molecule has 13 nitrogen and oxygen atoms in total. The van der Waals surface area contributed by atoms with Crippen LogP contribution in [0, 0.1) is 18.8 Å². The highest BCUT2D eigenvalue weighted by Gasteiger charge is 2.35. The number of benzene rings is 4. The van der Waals surface area contributed by atoms with Crippen LogP contribution in [0.1, 0.15) is 126 Å². The molecule has 0 saturated heterocycles. The van der Waals surface area contributed by atoms with Crippen molar-refractivity contribution in [2.75, 3.05) is 6.61 Å². The second-order valence-corrected chi connectivity index (χ2v) is 19.9. The first-order valence-corrected chi connectivity index (χ1v) is 24.5. The van der Waals surface area contributed by atoms with Gasteiger partial charge in [-0.3, -0.25) is 19.2 Å². The van der Waals surface area contributed by atoms with Gasteiger partial charge in [0.2, 0.25) is 17.7 Å². The van der Waals surface area contributed by atoms with Crippen molar-refractivity contribution in [1.29, 1.82) is 0 Å². The maximum absolute atomic E-state index is 14.7. The number of amides is 4. The molecule has 4 aromatic rings. The van der Waals surface area contributed by atoms with E-state index >= 15 is 0 Å². The van der Waals surface area contributed by atoms with E-state index in [2.05, 4.69) is 21.3 Å². The Balaban J connectivity index is 1.22. The maximum atomic E-state index is 14.7. The molecule has 0 bridgehead atoms. The van der Waals surface area contributed by atoms with E-state index in [0.717, 1.165) is 71.0 Å². The predicted molar refractivity (Wildman–Crippen MR) is 265 cm³/mol. The fourth-order valence-electron chi connectivity index (χ4n) is 9.29. The summed E-state index contributed by atoms with van der Waals surface area (Å²) in [6, 6.07) is 28.1. The van der Waals surface area contributed by atoms with Gasteiger partial charge in [-0.25, -0.2) is 9.59 Å². The van der Waals surface area contributed by atoms with Gasteiger partial charge in [0.15, 0.2) is 0 Å². The topological polar surface area (TPSA) is 178 Å². The summed E-state index contributed by atoms with van der Waals surface area (Å²) < 4.78 is 17.1. The number of aryl methyl sites for hydroxylation is 1. The number of alkyl carbamates (subject to hydrolysis) is 1. The van der Waals surface area contributed by atoms with E-state index in [-0.39, 0.29) is 50.2 Å². The Hall–Kier alpha value is -6.50. The highest BCUT2D eigenvalue weighted by molar-refractivity contribution is 5.95. The molecule has 69 heavy (non-hydrogen) atoms. The average molecular weight is 943 g/mol. The van der Waals surface area contributed by atoms with E-state index in [0.29, 0.717) is 12.8 Å². The minimum Gasteiger partial charge on any atom is -0.460 e. The summed E-state index contributed by atoms with van der Waals surface area (Å²) in [6.07, 6.45) is 4.32. The molecule has 2 aliphatic rings. The van der Waals surface area contributed by atoms with Crippen LogP contribution in [0.5, 0.6) is 0 Å². The largest absolute Gasteiger partial charge is 0.460 e. The van der Waals surface area contributed by atoms with E-state index in [1.54, 1.807) is 20.8 Å². The zero-order chi connectivity index (χ0) is 49.5. The number of nitrogens with one attached hydrogen (secondary N) is 4. The number of hydrogen-bond donors (Lipinski definition) is 4. The van der Waals surface area contributed by atoms with Crippen molar-refractivity contribution in [3.63, 3.8) is 0 Å². The Bertz CT molecular complexity index is 2340. The number of esters is 2. The fourth-order valence-corrected chi connectivity index (χ4v) is 9.29. The van der Waals surface area contributed by atoms with E-state index < -0.39 is 65.5 Å². The lowest BCUT2D eigenvalue weighted by Gasteiger charge is -2.30. The molecule has 368 valence electrons. The van der Waals surface area contributed by atoms with Gasteiger partial charge in [0.25, 0.3) is 0 Å². The van der Waals surface area contributed by atoms with Crippen molar-refractivity contribution in [3.05, 3.63) is 131 Å². The predicted octanol–water partition coefficient (Wildman–Crippen LogP) is 8.78. The van der Waals surface area contributed by atoms with Crippen LogP contribution in [0.4, 0.5) is 4.79 Å². The van der Waals surface area contributed by atoms with Crippen molar-refractivity contribution in [3.8, 4) is 11.1 Å². The monoisotopic (exact) mass is 943 g/mol. The molecule has 0 unspecified atom stereocenters. The Kier molecular flexibility index (Phi) is 18.6. The minimum atomic E-state index is -1.32. The summed E-state index contributed by atoms with van der Waals surface area (Å²) in [7, 11) is 0. The highest BCUT2D eigenvalue weighted by atomic mass is 16.6. The molecule has 0 radical (unpaired) electrons. The van der Waals surface area contributed by atoms with Crippen LogP contribution in [0.25, 0.3) is 11.1 Å². The number of hydrogen-bond acceptors (Lipinski definition) is 9. The molecule has 4 amide bonds. The van der Waals surface area contributed by atoms with Crippen LogP contribution in [-0.4, -0.2) is 72.1 Å². The molecule has 0 spiro atoms. The molecule has 2 aliphatic carbocycles. The molecule has 0 aliphatic heterocycles. The highest BCUT2D eigenvalue weighted by Crippen LogP contribution is 2.44. The number of rotatable bonds is 21. The summed E-state index contributed by atoms with van der Waals surface area (Å²) in [5.41, 5.74) is 5.84. The summed E-state index contributed by atoms with van der Waals surface area (Å²) in [4.78, 5) is 84.0. The molecule has 4 atom stereocenters. The van der Waals surface area contributed by atoms with Crippen molar-refractivity contribution in [2.24, 2.45) is 11.8 Å². The standard InChI is InChI=1S/C56H70N4O9/c1-36(2)31-49(54(65)67-34-39-22-11-8-12-23-39)59-52(63)47(32-38-20-9-7-10-21-38)57-53(64)48(33-40-24-14-13-19-37(40)3)58-51(62)46(29-30-50(61)69-56(4,5)6)60-55(66)68-35-45-43-27-17-15-25-41(43)42-26-16-18-28-44(42)45/h8,11-19,22-28,36,38,45-49H,7,9-10,20-21,29-35H2,1-6H3,(H,57,64)(H,58,62)(H,59,63)(H,60,66)/t46-,47-,48-,49-/m0/s1. The van der Waals surface area contributed by atoms with Gasteiger partial charge in [0.05, 0.1) is 0 Å². The van der Waals surface area contributed by atoms with Gasteiger partial charge in [0.1, 0.15) is 43.0 Å². The van der Waals surface area contributed by atoms with Gasteiger partial charge in [-0.1, -0.05) is 149 Å². The Morgan fingerprint density at radius 2 is 1.20 bits per heavy atom. The Labute approximate surface area is 407 Å². The first-order valence-electron chi connectivity index (χ1n) is 24.5. The zero-order valence-electron chi connectivity index (χ0n) is 41.0. The van der Waals surface area contributed by atoms with Gasteiger partial charge < -0.3 is 35.5 Å². The number of fused-ring (bicyclic) bond motifs is 3. The van der Waals surface area contributed by atoms with Crippen LogP contribution in [0.15, 0.2) is 103 Å². The maximum Gasteiger partial charge on any atom is 0.407 e. The van der Waals surface area contributed by atoms with E-state index in [1.807, 2.05) is 124 Å². The zero-order valence-corrected chi connectivity index (χ0v) is 41.0. The van der Waals surface area contributed by atoms with Crippen LogP contribution in [-0.2, 0) is 51.2 Å². The second-order valence-electron chi connectivity index (χ2n) is 19.9. The first kappa shape index (κ1) is 51.9. The summed E-state index contributed by atoms with van der Waals surface area (Å²) >= 11 is 0. The normalized spacial score (nSPS) is 15.3. The van der Waals surface area contributed by atoms with Crippen molar-refractivity contribution in [2.45, 2.75) is 148 Å². The molecular formula is C56H70N4O9. The Morgan fingerprint density at radius 3 is 1.84 bits per heavy atom. The second kappa shape index (κ2) is 24.7. The fraction of sp³-hybridized carbons (Fsp3) is 0.464. The molecule has 4 aromatic carbocycles. The smallest absolute Gasteiger partial charge is 0.407 e. The molecule has 4 N–H and O–H groups in total. The summed E-state index contributed by atoms with van der Waals surface area (Å²) in [6.45, 7) is 11.1. The molecule has 0 heterocycles. The lowest BCUT2D eigenvalue weighted by atomic mass is 9.84. The number of carbonyl (C=O) groups is 6. The van der Waals surface area contributed by atoms with Gasteiger partial charge in [-0.05, 0) is 97.7 Å². The van der Waals surface area contributed by atoms with Crippen molar-refractivity contribution >= 4 is 35.8 Å². The molecule has 13 heteroatoms. The molecule has 1 saturated carbocycles. The molecule has 0 aromatic heterocycles. The van der Waals surface area contributed by atoms with Gasteiger partial charge >= 0.3 is 18.0 Å². The van der Waals surface area contributed by atoms with Crippen molar-refractivity contribution in [1.82, 2.24) is 21.3 Å². The minimum absolute atomic E-state index is 0.00813. The third-order valence-corrected chi connectivity index (χ3v) is 12.8. The molecule has 6 rings (SSSR count). The van der Waals surface area contributed by atoms with Crippen molar-refractivity contribution < 1.29 is 43.0 Å². The number of carbonyl (C=O) groups excluding carboxylic acids is 6. The lowest BCUT2D eigenvalue weighted by molar-refractivity contribution is -0.155. The summed E-state index contributed by atoms with van der Waals surface area (Å²) in [5.74, 6) is -3.08. The van der Waals surface area contributed by atoms with Crippen LogP contribution < -0.4 is 21.3 Å². The first-order chi connectivity index (χ1) is 33.0. The van der Waals surface area contributed by atoms with Crippen LogP contribution in [0.3, 0.4) is 0 Å². The quantitative estimate of drug-likeness (QED) is 0.0470. The van der Waals surface area contributed by atoms with E-state index in [9.17, 15) is 28.8 Å². The lowest BCUT2D eigenvalue weighted by Crippen LogP contribution is -2.58. The molecule has 1 fully saturated rings. The van der Waals surface area contributed by atoms with Gasteiger partial charge in [0, 0.05) is 18.8 Å². The summed E-state index contributed by atoms with van der Waals surface area (Å²) in [5, 5.41) is 11.5. The van der Waals surface area contributed by atoms with Crippen LogP contribution in [0.2, 0.25) is 0 Å². The number of ether oxygens (including phenoxy) is 3. The van der Waals surface area contributed by atoms with E-state index in [1.165, 1.54) is 0 Å². The third-order valence-electron chi connectivity index (χ3n) is 12.8. The van der Waals surface area contributed by atoms with Gasteiger partial charge in [-0.15, -0.1) is 0 Å².